The number of amides is 1. The van der Waals surface area contributed by atoms with Crippen molar-refractivity contribution in [2.45, 2.75) is 18.9 Å². The van der Waals surface area contributed by atoms with Gasteiger partial charge >= 0.3 is 0 Å². The molecular formula is C19H21NO3. The summed E-state index contributed by atoms with van der Waals surface area (Å²) in [4.78, 5) is 14.7. The summed E-state index contributed by atoms with van der Waals surface area (Å²) in [6.07, 6.45) is 1.99. The van der Waals surface area contributed by atoms with Crippen molar-refractivity contribution < 1.29 is 14.3 Å². The minimum Gasteiger partial charge on any atom is -0.493 e. The fourth-order valence-corrected chi connectivity index (χ4v) is 3.25. The van der Waals surface area contributed by atoms with E-state index >= 15 is 0 Å². The van der Waals surface area contributed by atoms with Crippen LogP contribution in [0.4, 0.5) is 0 Å². The van der Waals surface area contributed by atoms with Crippen LogP contribution in [0, 0.1) is 0 Å². The number of nitrogens with zero attached hydrogens (tertiary/aromatic N) is 1. The molecule has 0 fully saturated rings. The average Bonchev–Trinajstić information content (AvgIpc) is 3.03. The maximum atomic E-state index is 12.8. The van der Waals surface area contributed by atoms with Crippen LogP contribution < -0.4 is 9.47 Å². The Balaban J connectivity index is 1.86. The van der Waals surface area contributed by atoms with Crippen molar-refractivity contribution in [3.8, 4) is 11.5 Å². The molecule has 0 radical (unpaired) electrons. The van der Waals surface area contributed by atoms with E-state index in [1.807, 2.05) is 18.0 Å². The predicted molar refractivity (Wildman–Crippen MR) is 89.1 cm³/mol. The topological polar surface area (TPSA) is 38.8 Å². The zero-order valence-electron chi connectivity index (χ0n) is 13.7. The Hall–Kier alpha value is -2.49. The van der Waals surface area contributed by atoms with Gasteiger partial charge in [-0.05, 0) is 42.2 Å². The van der Waals surface area contributed by atoms with Crippen molar-refractivity contribution in [2.24, 2.45) is 0 Å². The molecule has 0 spiro atoms. The number of fused-ring (bicyclic) bond motifs is 1. The highest BCUT2D eigenvalue weighted by atomic mass is 16.5. The molecule has 0 saturated heterocycles. The van der Waals surface area contributed by atoms with Crippen LogP contribution in [0.15, 0.2) is 42.5 Å². The van der Waals surface area contributed by atoms with Crippen LogP contribution in [0.3, 0.4) is 0 Å². The highest BCUT2D eigenvalue weighted by molar-refractivity contribution is 5.95. The van der Waals surface area contributed by atoms with E-state index in [9.17, 15) is 4.79 Å². The van der Waals surface area contributed by atoms with Gasteiger partial charge in [-0.2, -0.15) is 0 Å². The first-order valence-corrected chi connectivity index (χ1v) is 7.72. The van der Waals surface area contributed by atoms with Gasteiger partial charge in [0.25, 0.3) is 5.91 Å². The summed E-state index contributed by atoms with van der Waals surface area (Å²) in [6, 6.07) is 13.8. The Kier molecular flexibility index (Phi) is 4.24. The van der Waals surface area contributed by atoms with Gasteiger partial charge in [-0.1, -0.05) is 24.3 Å². The Morgan fingerprint density at radius 3 is 2.57 bits per heavy atom. The lowest BCUT2D eigenvalue weighted by atomic mass is 10.1. The highest BCUT2D eigenvalue weighted by Crippen LogP contribution is 2.36. The number of benzene rings is 2. The Morgan fingerprint density at radius 2 is 1.83 bits per heavy atom. The summed E-state index contributed by atoms with van der Waals surface area (Å²) in [5.74, 6) is 1.18. The zero-order valence-corrected chi connectivity index (χ0v) is 13.7. The van der Waals surface area contributed by atoms with Crippen LogP contribution in [-0.2, 0) is 6.42 Å². The Morgan fingerprint density at radius 1 is 1.09 bits per heavy atom. The van der Waals surface area contributed by atoms with Gasteiger partial charge < -0.3 is 14.4 Å². The lowest BCUT2D eigenvalue weighted by Crippen LogP contribution is -2.30. The second kappa shape index (κ2) is 6.32. The molecular weight excluding hydrogens is 290 g/mol. The minimum atomic E-state index is -0.00680. The second-order valence-corrected chi connectivity index (χ2v) is 5.74. The molecule has 0 bridgehead atoms. The van der Waals surface area contributed by atoms with E-state index in [1.165, 1.54) is 11.1 Å². The first kappa shape index (κ1) is 15.4. The van der Waals surface area contributed by atoms with Crippen LogP contribution in [-0.4, -0.2) is 32.1 Å². The number of hydrogen-bond donors (Lipinski definition) is 0. The van der Waals surface area contributed by atoms with Crippen molar-refractivity contribution >= 4 is 5.91 Å². The molecule has 2 aromatic rings. The average molecular weight is 311 g/mol. The van der Waals surface area contributed by atoms with Crippen molar-refractivity contribution in [1.29, 1.82) is 0 Å². The molecule has 0 aliphatic heterocycles. The number of ether oxygens (including phenoxy) is 2. The van der Waals surface area contributed by atoms with Gasteiger partial charge in [0.2, 0.25) is 0 Å². The summed E-state index contributed by atoms with van der Waals surface area (Å²) in [6.45, 7) is 0. The van der Waals surface area contributed by atoms with E-state index in [-0.39, 0.29) is 11.9 Å². The Bertz CT molecular complexity index is 726. The monoisotopic (exact) mass is 311 g/mol. The number of methoxy groups -OCH3 is 2. The van der Waals surface area contributed by atoms with Crippen LogP contribution in [0.5, 0.6) is 11.5 Å². The van der Waals surface area contributed by atoms with E-state index in [1.54, 1.807) is 32.4 Å². The maximum Gasteiger partial charge on any atom is 0.254 e. The molecule has 0 aromatic heterocycles. The SMILES string of the molecule is COc1ccc(C(=O)N(C)[C@H]2CCc3ccccc32)cc1OC. The van der Waals surface area contributed by atoms with Crippen LogP contribution in [0.1, 0.15) is 33.9 Å². The van der Waals surface area contributed by atoms with Crippen LogP contribution in [0.2, 0.25) is 0 Å². The minimum absolute atomic E-state index is 0.00680. The third-order valence-electron chi connectivity index (χ3n) is 4.52. The molecule has 0 unspecified atom stereocenters. The lowest BCUT2D eigenvalue weighted by molar-refractivity contribution is 0.0730. The summed E-state index contributed by atoms with van der Waals surface area (Å²) in [7, 11) is 5.02. The molecule has 0 saturated carbocycles. The molecule has 0 N–H and O–H groups in total. The molecule has 1 aliphatic rings. The van der Waals surface area contributed by atoms with Gasteiger partial charge in [0.05, 0.1) is 20.3 Å². The summed E-state index contributed by atoms with van der Waals surface area (Å²) < 4.78 is 10.5. The number of hydrogen-bond acceptors (Lipinski definition) is 3. The summed E-state index contributed by atoms with van der Waals surface area (Å²) >= 11 is 0. The van der Waals surface area contributed by atoms with Gasteiger partial charge in [0.15, 0.2) is 11.5 Å². The van der Waals surface area contributed by atoms with Crippen LogP contribution >= 0.6 is 0 Å². The third-order valence-corrected chi connectivity index (χ3v) is 4.52. The van der Waals surface area contributed by atoms with Crippen molar-refractivity contribution in [2.75, 3.05) is 21.3 Å². The highest BCUT2D eigenvalue weighted by Gasteiger charge is 2.29. The normalized spacial score (nSPS) is 15.9. The van der Waals surface area contributed by atoms with Gasteiger partial charge in [-0.3, -0.25) is 4.79 Å². The van der Waals surface area contributed by atoms with E-state index in [4.69, 9.17) is 9.47 Å². The number of carbonyl (C=O) groups excluding carboxylic acids is 1. The fourth-order valence-electron chi connectivity index (χ4n) is 3.25. The molecule has 0 heterocycles. The fraction of sp³-hybridized carbons (Fsp3) is 0.316. The first-order chi connectivity index (χ1) is 11.2. The Labute approximate surface area is 136 Å². The number of rotatable bonds is 4. The van der Waals surface area contributed by atoms with Crippen molar-refractivity contribution in [3.63, 3.8) is 0 Å². The number of carbonyl (C=O) groups is 1. The standard InChI is InChI=1S/C19H21NO3/c1-20(16-10-8-13-6-4-5-7-15(13)16)19(21)14-9-11-17(22-2)18(12-14)23-3/h4-7,9,11-12,16H,8,10H2,1-3H3/t16-/m0/s1. The first-order valence-electron chi connectivity index (χ1n) is 7.72. The molecule has 4 heteroatoms. The van der Waals surface area contributed by atoms with E-state index in [2.05, 4.69) is 18.2 Å². The van der Waals surface area contributed by atoms with Gasteiger partial charge in [0, 0.05) is 12.6 Å². The third kappa shape index (κ3) is 2.77. The second-order valence-electron chi connectivity index (χ2n) is 5.74. The van der Waals surface area contributed by atoms with Gasteiger partial charge in [0.1, 0.15) is 0 Å². The van der Waals surface area contributed by atoms with Gasteiger partial charge in [-0.25, -0.2) is 0 Å². The smallest absolute Gasteiger partial charge is 0.254 e. The molecule has 4 nitrogen and oxygen atoms in total. The zero-order chi connectivity index (χ0) is 16.4. The van der Waals surface area contributed by atoms with Crippen molar-refractivity contribution in [1.82, 2.24) is 4.90 Å². The van der Waals surface area contributed by atoms with E-state index < -0.39 is 0 Å². The lowest BCUT2D eigenvalue weighted by Gasteiger charge is -2.26. The van der Waals surface area contributed by atoms with Crippen LogP contribution in [0.25, 0.3) is 0 Å². The molecule has 1 amide bonds. The molecule has 120 valence electrons. The van der Waals surface area contributed by atoms with Gasteiger partial charge in [-0.15, -0.1) is 0 Å². The predicted octanol–water partition coefficient (Wildman–Crippen LogP) is 3.46. The maximum absolute atomic E-state index is 12.8. The van der Waals surface area contributed by atoms with Crippen molar-refractivity contribution in [3.05, 3.63) is 59.2 Å². The number of aryl methyl sites for hydroxylation is 1. The quantitative estimate of drug-likeness (QED) is 0.868. The molecule has 1 aliphatic carbocycles. The molecule has 1 atom stereocenters. The summed E-state index contributed by atoms with van der Waals surface area (Å²) in [5, 5.41) is 0. The molecule has 3 rings (SSSR count). The summed E-state index contributed by atoms with van der Waals surface area (Å²) in [5.41, 5.74) is 3.20. The molecule has 23 heavy (non-hydrogen) atoms. The molecule has 2 aromatic carbocycles. The largest absolute Gasteiger partial charge is 0.493 e. The van der Waals surface area contributed by atoms with E-state index in [0.29, 0.717) is 17.1 Å². The van der Waals surface area contributed by atoms with E-state index in [0.717, 1.165) is 12.8 Å².